The number of carbonyl (C=O) groups is 2. The lowest BCUT2D eigenvalue weighted by molar-refractivity contribution is -0.148. The molecule has 31 heavy (non-hydrogen) atoms. The molecule has 0 bridgehead atoms. The Morgan fingerprint density at radius 1 is 1.10 bits per heavy atom. The van der Waals surface area contributed by atoms with Crippen molar-refractivity contribution < 1.29 is 23.5 Å². The van der Waals surface area contributed by atoms with Crippen LogP contribution < -0.4 is 10.1 Å². The molecule has 0 unspecified atom stereocenters. The lowest BCUT2D eigenvalue weighted by atomic mass is 10.0. The lowest BCUT2D eigenvalue weighted by Crippen LogP contribution is -2.45. The second-order valence-electron chi connectivity index (χ2n) is 7.49. The zero-order valence-electron chi connectivity index (χ0n) is 18.0. The van der Waals surface area contributed by atoms with E-state index < -0.39 is 12.0 Å². The third-order valence-electron chi connectivity index (χ3n) is 4.85. The molecule has 1 amide bonds. The highest BCUT2D eigenvalue weighted by molar-refractivity contribution is 5.98. The number of oxazole rings is 1. The van der Waals surface area contributed by atoms with Crippen LogP contribution >= 0.6 is 0 Å². The highest BCUT2D eigenvalue weighted by Gasteiger charge is 2.27. The van der Waals surface area contributed by atoms with Crippen molar-refractivity contribution in [2.45, 2.75) is 33.4 Å². The first-order valence-electron chi connectivity index (χ1n) is 10.0. The Morgan fingerprint density at radius 3 is 2.45 bits per heavy atom. The molecule has 1 heterocycles. The minimum absolute atomic E-state index is 0.0536. The second-order valence-corrected chi connectivity index (χ2v) is 7.49. The number of hydrogen-bond donors (Lipinski definition) is 1. The molecule has 0 aliphatic rings. The van der Waals surface area contributed by atoms with Crippen LogP contribution in [0.15, 0.2) is 59.2 Å². The van der Waals surface area contributed by atoms with Crippen LogP contribution in [0.5, 0.6) is 5.75 Å². The molecule has 162 valence electrons. The van der Waals surface area contributed by atoms with E-state index in [0.29, 0.717) is 17.1 Å². The molecule has 2 aromatic carbocycles. The second kappa shape index (κ2) is 9.93. The number of esters is 1. The van der Waals surface area contributed by atoms with Crippen LogP contribution in [-0.2, 0) is 16.1 Å². The summed E-state index contributed by atoms with van der Waals surface area (Å²) in [4.78, 5) is 29.6. The molecule has 3 rings (SSSR count). The maximum Gasteiger partial charge on any atom is 0.329 e. The maximum absolute atomic E-state index is 12.6. The quantitative estimate of drug-likeness (QED) is 0.548. The first-order valence-corrected chi connectivity index (χ1v) is 10.0. The molecule has 0 fully saturated rings. The van der Waals surface area contributed by atoms with Gasteiger partial charge in [-0.05, 0) is 48.7 Å². The van der Waals surface area contributed by atoms with Gasteiger partial charge in [-0.15, -0.1) is 0 Å². The molecular weight excluding hydrogens is 396 g/mol. The molecule has 0 aliphatic carbocycles. The van der Waals surface area contributed by atoms with Crippen molar-refractivity contribution in [1.29, 1.82) is 0 Å². The molecule has 0 saturated carbocycles. The molecule has 1 atom stereocenters. The molecule has 1 N–H and O–H groups in total. The fourth-order valence-corrected chi connectivity index (χ4v) is 3.02. The van der Waals surface area contributed by atoms with Crippen molar-refractivity contribution in [3.8, 4) is 17.2 Å². The number of rotatable bonds is 8. The molecular formula is C24H26N2O5. The predicted molar refractivity (Wildman–Crippen MR) is 116 cm³/mol. The van der Waals surface area contributed by atoms with Gasteiger partial charge in [-0.2, -0.15) is 0 Å². The van der Waals surface area contributed by atoms with Gasteiger partial charge in [-0.3, -0.25) is 4.79 Å². The van der Waals surface area contributed by atoms with Crippen molar-refractivity contribution in [1.82, 2.24) is 10.3 Å². The summed E-state index contributed by atoms with van der Waals surface area (Å²) in [5.74, 6) is 0.175. The summed E-state index contributed by atoms with van der Waals surface area (Å²) < 4.78 is 16.0. The number of carbonyl (C=O) groups excluding carboxylic acids is 2. The van der Waals surface area contributed by atoms with E-state index >= 15 is 0 Å². The standard InChI is InChI=1S/C24H26N2O5/c1-15(2)21(26-22(27)20-8-6-5-7-16(20)3)24(28)31-14-18-13-30-23(25-18)17-9-11-19(29-4)12-10-17/h5-13,15,21H,14H2,1-4H3,(H,26,27)/t21-/m0/s1. The Hall–Kier alpha value is -3.61. The normalized spacial score (nSPS) is 11.8. The first-order chi connectivity index (χ1) is 14.9. The fourth-order valence-electron chi connectivity index (χ4n) is 3.02. The van der Waals surface area contributed by atoms with Gasteiger partial charge in [0.1, 0.15) is 30.4 Å². The molecule has 3 aromatic rings. The highest BCUT2D eigenvalue weighted by Crippen LogP contribution is 2.22. The van der Waals surface area contributed by atoms with Gasteiger partial charge in [0, 0.05) is 11.1 Å². The Morgan fingerprint density at radius 2 is 1.81 bits per heavy atom. The molecule has 7 nitrogen and oxygen atoms in total. The average molecular weight is 422 g/mol. The zero-order valence-corrected chi connectivity index (χ0v) is 18.0. The predicted octanol–water partition coefficient (Wildman–Crippen LogP) is 4.16. The smallest absolute Gasteiger partial charge is 0.329 e. The van der Waals surface area contributed by atoms with Crippen LogP contribution in [0, 0.1) is 12.8 Å². The van der Waals surface area contributed by atoms with Crippen molar-refractivity contribution in [3.05, 3.63) is 71.6 Å². The Kier molecular flexibility index (Phi) is 7.07. The largest absolute Gasteiger partial charge is 0.497 e. The van der Waals surface area contributed by atoms with Gasteiger partial charge in [0.05, 0.1) is 7.11 Å². The number of aromatic nitrogens is 1. The summed E-state index contributed by atoms with van der Waals surface area (Å²) in [6, 6.07) is 13.7. The van der Waals surface area contributed by atoms with Gasteiger partial charge in [0.25, 0.3) is 5.91 Å². The van der Waals surface area contributed by atoms with Crippen molar-refractivity contribution in [3.63, 3.8) is 0 Å². The number of amides is 1. The lowest BCUT2D eigenvalue weighted by Gasteiger charge is -2.21. The van der Waals surface area contributed by atoms with E-state index in [-0.39, 0.29) is 18.4 Å². The molecule has 0 spiro atoms. The number of methoxy groups -OCH3 is 1. The topological polar surface area (TPSA) is 90.7 Å². The number of nitrogens with one attached hydrogen (secondary N) is 1. The monoisotopic (exact) mass is 422 g/mol. The Bertz CT molecular complexity index is 1040. The summed E-state index contributed by atoms with van der Waals surface area (Å²) in [5, 5.41) is 2.78. The summed E-state index contributed by atoms with van der Waals surface area (Å²) in [6.45, 7) is 5.49. The Labute approximate surface area is 181 Å². The third-order valence-corrected chi connectivity index (χ3v) is 4.85. The zero-order chi connectivity index (χ0) is 22.4. The van der Waals surface area contributed by atoms with E-state index in [1.54, 1.807) is 19.2 Å². The van der Waals surface area contributed by atoms with Gasteiger partial charge >= 0.3 is 5.97 Å². The van der Waals surface area contributed by atoms with Crippen LogP contribution in [0.4, 0.5) is 0 Å². The summed E-state index contributed by atoms with van der Waals surface area (Å²) in [7, 11) is 1.60. The summed E-state index contributed by atoms with van der Waals surface area (Å²) in [5.41, 5.74) is 2.63. The minimum atomic E-state index is -0.778. The van der Waals surface area contributed by atoms with Crippen molar-refractivity contribution in [2.24, 2.45) is 5.92 Å². The molecule has 0 radical (unpaired) electrons. The van der Waals surface area contributed by atoms with Gasteiger partial charge in [0.15, 0.2) is 0 Å². The molecule has 0 aliphatic heterocycles. The van der Waals surface area contributed by atoms with Crippen LogP contribution in [0.1, 0.15) is 35.5 Å². The SMILES string of the molecule is COc1ccc(-c2nc(COC(=O)[C@@H](NC(=O)c3ccccc3C)C(C)C)co2)cc1. The number of hydrogen-bond acceptors (Lipinski definition) is 6. The fraction of sp³-hybridized carbons (Fsp3) is 0.292. The van der Waals surface area contributed by atoms with Gasteiger partial charge in [0.2, 0.25) is 5.89 Å². The number of ether oxygens (including phenoxy) is 2. The Balaban J connectivity index is 1.62. The molecule has 1 aromatic heterocycles. The summed E-state index contributed by atoms with van der Waals surface area (Å²) >= 11 is 0. The van der Waals surface area contributed by atoms with Crippen LogP contribution in [0.2, 0.25) is 0 Å². The highest BCUT2D eigenvalue weighted by atomic mass is 16.5. The molecule has 7 heteroatoms. The number of aryl methyl sites for hydroxylation is 1. The van der Waals surface area contributed by atoms with E-state index in [1.807, 2.05) is 57.2 Å². The van der Waals surface area contributed by atoms with Gasteiger partial charge < -0.3 is 19.2 Å². The summed E-state index contributed by atoms with van der Waals surface area (Å²) in [6.07, 6.45) is 1.45. The van der Waals surface area contributed by atoms with Gasteiger partial charge in [-0.1, -0.05) is 32.0 Å². The van der Waals surface area contributed by atoms with E-state index in [9.17, 15) is 9.59 Å². The van der Waals surface area contributed by atoms with E-state index in [0.717, 1.165) is 16.9 Å². The number of nitrogens with zero attached hydrogens (tertiary/aromatic N) is 1. The van der Waals surface area contributed by atoms with Gasteiger partial charge in [-0.25, -0.2) is 9.78 Å². The van der Waals surface area contributed by atoms with E-state index in [4.69, 9.17) is 13.9 Å². The van der Waals surface area contributed by atoms with E-state index in [2.05, 4.69) is 10.3 Å². The van der Waals surface area contributed by atoms with Crippen molar-refractivity contribution in [2.75, 3.05) is 7.11 Å². The van der Waals surface area contributed by atoms with E-state index in [1.165, 1.54) is 6.26 Å². The molecule has 0 saturated heterocycles. The number of benzene rings is 2. The van der Waals surface area contributed by atoms with Crippen LogP contribution in [0.3, 0.4) is 0 Å². The van der Waals surface area contributed by atoms with Crippen LogP contribution in [0.25, 0.3) is 11.5 Å². The van der Waals surface area contributed by atoms with Crippen LogP contribution in [-0.4, -0.2) is 30.0 Å². The minimum Gasteiger partial charge on any atom is -0.497 e. The average Bonchev–Trinajstić information content (AvgIpc) is 3.25. The third kappa shape index (κ3) is 5.51. The first kappa shape index (κ1) is 22.1. The maximum atomic E-state index is 12.6. The van der Waals surface area contributed by atoms with Crippen molar-refractivity contribution >= 4 is 11.9 Å².